The number of hydrogen-bond donors (Lipinski definition) is 0. The molecule has 0 spiro atoms. The van der Waals surface area contributed by atoms with Crippen molar-refractivity contribution in [3.63, 3.8) is 0 Å². The van der Waals surface area contributed by atoms with Gasteiger partial charge in [-0.2, -0.15) is 0 Å². The van der Waals surface area contributed by atoms with Crippen LogP contribution in [0.1, 0.15) is 27.2 Å². The van der Waals surface area contributed by atoms with Crippen molar-refractivity contribution in [2.75, 3.05) is 6.54 Å². The quantitative estimate of drug-likeness (QED) is 0.629. The van der Waals surface area contributed by atoms with E-state index in [1.165, 1.54) is 6.92 Å². The fraction of sp³-hybridized carbons (Fsp3) is 0.889. The highest BCUT2D eigenvalue weighted by Crippen LogP contribution is 2.22. The van der Waals surface area contributed by atoms with Gasteiger partial charge in [0.15, 0.2) is 0 Å². The Balaban J connectivity index is 2.65. The second kappa shape index (κ2) is 3.52. The summed E-state index contributed by atoms with van der Waals surface area (Å²) in [6.07, 6.45) is -0.436. The Kier molecular flexibility index (Phi) is 2.83. The van der Waals surface area contributed by atoms with Crippen LogP contribution in [0.15, 0.2) is 0 Å². The summed E-state index contributed by atoms with van der Waals surface area (Å²) in [6, 6.07) is 0.0830. The Morgan fingerprint density at radius 3 is 2.50 bits per heavy atom. The van der Waals surface area contributed by atoms with E-state index in [1.807, 2.05) is 18.7 Å². The van der Waals surface area contributed by atoms with Crippen molar-refractivity contribution in [1.29, 1.82) is 0 Å². The molecule has 12 heavy (non-hydrogen) atoms. The van der Waals surface area contributed by atoms with Gasteiger partial charge < -0.3 is 0 Å². The Hall–Kier alpha value is -0.440. The fourth-order valence-electron chi connectivity index (χ4n) is 1.78. The standard InChI is InChI=1S/C9H16FNO/c1-6(2)11-5-8(10)4-9(11)7(3)12/h6,8-9H,4-5H2,1-3H3/t8-,9-/m0/s1. The molecule has 1 heterocycles. The Morgan fingerprint density at radius 2 is 2.17 bits per heavy atom. The lowest BCUT2D eigenvalue weighted by atomic mass is 10.1. The number of likely N-dealkylation sites (tertiary alicyclic amines) is 1. The summed E-state index contributed by atoms with van der Waals surface area (Å²) in [5.41, 5.74) is 0. The molecular weight excluding hydrogens is 157 g/mol. The van der Waals surface area contributed by atoms with Crippen LogP contribution in [0.2, 0.25) is 0 Å². The van der Waals surface area contributed by atoms with Gasteiger partial charge in [0.1, 0.15) is 12.0 Å². The normalized spacial score (nSPS) is 31.4. The van der Waals surface area contributed by atoms with Crippen molar-refractivity contribution in [2.24, 2.45) is 0 Å². The van der Waals surface area contributed by atoms with Gasteiger partial charge in [0.05, 0.1) is 6.04 Å². The lowest BCUT2D eigenvalue weighted by molar-refractivity contribution is -0.121. The van der Waals surface area contributed by atoms with Crippen LogP contribution < -0.4 is 0 Å². The monoisotopic (exact) mass is 173 g/mol. The number of rotatable bonds is 2. The van der Waals surface area contributed by atoms with Crippen molar-refractivity contribution < 1.29 is 9.18 Å². The van der Waals surface area contributed by atoms with E-state index in [0.717, 1.165) is 0 Å². The van der Waals surface area contributed by atoms with E-state index in [9.17, 15) is 9.18 Å². The maximum absolute atomic E-state index is 13.0. The van der Waals surface area contributed by atoms with Gasteiger partial charge in [-0.05, 0) is 20.8 Å². The molecule has 0 aromatic carbocycles. The van der Waals surface area contributed by atoms with Crippen molar-refractivity contribution in [3.8, 4) is 0 Å². The third kappa shape index (κ3) is 1.83. The van der Waals surface area contributed by atoms with Crippen LogP contribution in [0.3, 0.4) is 0 Å². The van der Waals surface area contributed by atoms with Crippen molar-refractivity contribution in [2.45, 2.75) is 45.4 Å². The second-order valence-electron chi connectivity index (χ2n) is 3.75. The number of hydrogen-bond acceptors (Lipinski definition) is 2. The number of nitrogens with zero attached hydrogens (tertiary/aromatic N) is 1. The molecule has 0 aliphatic carbocycles. The van der Waals surface area contributed by atoms with Gasteiger partial charge in [-0.15, -0.1) is 0 Å². The first-order valence-corrected chi connectivity index (χ1v) is 4.42. The predicted octanol–water partition coefficient (Wildman–Crippen LogP) is 1.40. The number of carbonyl (C=O) groups excluding carboxylic acids is 1. The summed E-state index contributed by atoms with van der Waals surface area (Å²) >= 11 is 0. The molecule has 0 aromatic rings. The van der Waals surface area contributed by atoms with E-state index >= 15 is 0 Å². The molecule has 0 aromatic heterocycles. The predicted molar refractivity (Wildman–Crippen MR) is 45.8 cm³/mol. The molecule has 2 atom stereocenters. The third-order valence-corrected chi connectivity index (χ3v) is 2.42. The topological polar surface area (TPSA) is 20.3 Å². The van der Waals surface area contributed by atoms with Gasteiger partial charge in [-0.25, -0.2) is 4.39 Å². The summed E-state index contributed by atoms with van der Waals surface area (Å²) in [5, 5.41) is 0. The van der Waals surface area contributed by atoms with E-state index in [4.69, 9.17) is 0 Å². The molecule has 1 aliphatic rings. The molecule has 3 heteroatoms. The van der Waals surface area contributed by atoms with E-state index < -0.39 is 6.17 Å². The number of alkyl halides is 1. The van der Waals surface area contributed by atoms with E-state index in [-0.39, 0.29) is 17.9 Å². The van der Waals surface area contributed by atoms with Gasteiger partial charge in [0, 0.05) is 19.0 Å². The molecule has 2 nitrogen and oxygen atoms in total. The average Bonchev–Trinajstić information content (AvgIpc) is 2.31. The zero-order chi connectivity index (χ0) is 9.30. The zero-order valence-electron chi connectivity index (χ0n) is 7.88. The first-order valence-electron chi connectivity index (χ1n) is 4.42. The van der Waals surface area contributed by atoms with Crippen molar-refractivity contribution >= 4 is 5.78 Å². The summed E-state index contributed by atoms with van der Waals surface area (Å²) in [7, 11) is 0. The first-order chi connectivity index (χ1) is 5.52. The fourth-order valence-corrected chi connectivity index (χ4v) is 1.78. The smallest absolute Gasteiger partial charge is 0.147 e. The molecule has 1 rings (SSSR count). The highest BCUT2D eigenvalue weighted by molar-refractivity contribution is 5.81. The van der Waals surface area contributed by atoms with Crippen LogP contribution in [0, 0.1) is 0 Å². The molecule has 1 fully saturated rings. The zero-order valence-corrected chi connectivity index (χ0v) is 7.88. The number of ketones is 1. The van der Waals surface area contributed by atoms with Crippen LogP contribution in [0.25, 0.3) is 0 Å². The highest BCUT2D eigenvalue weighted by Gasteiger charge is 2.35. The minimum Gasteiger partial charge on any atom is -0.298 e. The minimum absolute atomic E-state index is 0.0869. The van der Waals surface area contributed by atoms with Crippen LogP contribution in [0.5, 0.6) is 0 Å². The molecule has 0 amide bonds. The van der Waals surface area contributed by atoms with E-state index in [1.54, 1.807) is 0 Å². The number of carbonyl (C=O) groups is 1. The average molecular weight is 173 g/mol. The molecular formula is C9H16FNO. The highest BCUT2D eigenvalue weighted by atomic mass is 19.1. The summed E-state index contributed by atoms with van der Waals surface area (Å²) in [5.74, 6) is 0.0869. The molecule has 0 unspecified atom stereocenters. The number of Topliss-reactive ketones (excluding diaryl/α,β-unsaturated/α-hetero) is 1. The maximum atomic E-state index is 13.0. The number of halogens is 1. The van der Waals surface area contributed by atoms with Gasteiger partial charge in [0.25, 0.3) is 0 Å². The second-order valence-corrected chi connectivity index (χ2v) is 3.75. The van der Waals surface area contributed by atoms with Crippen molar-refractivity contribution in [1.82, 2.24) is 4.90 Å². The van der Waals surface area contributed by atoms with Gasteiger partial charge in [-0.1, -0.05) is 0 Å². The molecule has 0 radical (unpaired) electrons. The van der Waals surface area contributed by atoms with Gasteiger partial charge in [0.2, 0.25) is 0 Å². The molecule has 1 saturated heterocycles. The molecule has 0 N–H and O–H groups in total. The van der Waals surface area contributed by atoms with Crippen LogP contribution in [-0.2, 0) is 4.79 Å². The lowest BCUT2D eigenvalue weighted by Crippen LogP contribution is -2.39. The Labute approximate surface area is 72.7 Å². The minimum atomic E-state index is -0.818. The Bertz CT molecular complexity index is 181. The lowest BCUT2D eigenvalue weighted by Gasteiger charge is -2.25. The van der Waals surface area contributed by atoms with Crippen molar-refractivity contribution in [3.05, 3.63) is 0 Å². The molecule has 0 bridgehead atoms. The van der Waals surface area contributed by atoms with Crippen LogP contribution >= 0.6 is 0 Å². The van der Waals surface area contributed by atoms with E-state index in [0.29, 0.717) is 13.0 Å². The molecule has 0 saturated carbocycles. The summed E-state index contributed by atoms with van der Waals surface area (Å²) in [4.78, 5) is 13.0. The Morgan fingerprint density at radius 1 is 1.58 bits per heavy atom. The van der Waals surface area contributed by atoms with Crippen LogP contribution in [-0.4, -0.2) is 35.5 Å². The van der Waals surface area contributed by atoms with E-state index in [2.05, 4.69) is 0 Å². The third-order valence-electron chi connectivity index (χ3n) is 2.42. The van der Waals surface area contributed by atoms with Gasteiger partial charge in [-0.3, -0.25) is 9.69 Å². The first kappa shape index (κ1) is 9.65. The van der Waals surface area contributed by atoms with Gasteiger partial charge >= 0.3 is 0 Å². The summed E-state index contributed by atoms with van der Waals surface area (Å²) < 4.78 is 13.0. The largest absolute Gasteiger partial charge is 0.298 e. The summed E-state index contributed by atoms with van der Waals surface area (Å²) in [6.45, 7) is 5.95. The SMILES string of the molecule is CC(=O)[C@@H]1C[C@H](F)CN1C(C)C. The maximum Gasteiger partial charge on any atom is 0.147 e. The van der Waals surface area contributed by atoms with Crippen LogP contribution in [0.4, 0.5) is 4.39 Å². The molecule has 70 valence electrons. The molecule has 1 aliphatic heterocycles.